The number of amides is 1. The van der Waals surface area contributed by atoms with Crippen molar-refractivity contribution in [3.63, 3.8) is 0 Å². The molecule has 0 bridgehead atoms. The molecule has 0 saturated carbocycles. The van der Waals surface area contributed by atoms with E-state index in [1.165, 1.54) is 0 Å². The van der Waals surface area contributed by atoms with Gasteiger partial charge in [0.1, 0.15) is 6.04 Å². The van der Waals surface area contributed by atoms with E-state index >= 15 is 0 Å². The van der Waals surface area contributed by atoms with Gasteiger partial charge in [-0.1, -0.05) is 6.92 Å². The van der Waals surface area contributed by atoms with Crippen molar-refractivity contribution in [3.05, 3.63) is 18.2 Å². The number of hydrogen-bond acceptors (Lipinski definition) is 4. The van der Waals surface area contributed by atoms with Gasteiger partial charge in [-0.05, 0) is 39.3 Å². The number of anilines is 1. The van der Waals surface area contributed by atoms with E-state index in [0.717, 1.165) is 12.1 Å². The van der Waals surface area contributed by atoms with Crippen molar-refractivity contribution in [2.24, 2.45) is 0 Å². The van der Waals surface area contributed by atoms with Crippen LogP contribution in [0.5, 0.6) is 11.5 Å². The van der Waals surface area contributed by atoms with E-state index < -0.39 is 0 Å². The Morgan fingerprint density at radius 1 is 1.24 bits per heavy atom. The lowest BCUT2D eigenvalue weighted by Crippen LogP contribution is -2.48. The molecule has 0 aliphatic heterocycles. The van der Waals surface area contributed by atoms with Gasteiger partial charge in [-0.2, -0.15) is 0 Å². The molecule has 118 valence electrons. The van der Waals surface area contributed by atoms with E-state index in [-0.39, 0.29) is 17.5 Å². The van der Waals surface area contributed by atoms with Crippen LogP contribution in [0.2, 0.25) is 0 Å². The first-order valence-electron chi connectivity index (χ1n) is 7.13. The van der Waals surface area contributed by atoms with Gasteiger partial charge < -0.3 is 20.1 Å². The monoisotopic (exact) mass is 294 g/mol. The molecule has 0 heterocycles. The van der Waals surface area contributed by atoms with Gasteiger partial charge in [-0.25, -0.2) is 0 Å². The number of ether oxygens (including phenoxy) is 2. The third-order valence-corrected chi connectivity index (χ3v) is 3.51. The first kappa shape index (κ1) is 17.1. The molecule has 0 aliphatic rings. The summed E-state index contributed by atoms with van der Waals surface area (Å²) in [6.07, 6.45) is 0.877. The Morgan fingerprint density at radius 2 is 1.86 bits per heavy atom. The van der Waals surface area contributed by atoms with E-state index in [4.69, 9.17) is 9.47 Å². The summed E-state index contributed by atoms with van der Waals surface area (Å²) in [7, 11) is 3.18. The molecule has 0 aromatic heterocycles. The largest absolute Gasteiger partial charge is 0.493 e. The normalized spacial score (nSPS) is 12.5. The first-order valence-corrected chi connectivity index (χ1v) is 7.13. The summed E-state index contributed by atoms with van der Waals surface area (Å²) >= 11 is 0. The van der Waals surface area contributed by atoms with E-state index in [0.29, 0.717) is 11.5 Å². The highest BCUT2D eigenvalue weighted by Crippen LogP contribution is 2.29. The minimum absolute atomic E-state index is 0.0309. The van der Waals surface area contributed by atoms with Gasteiger partial charge in [0.15, 0.2) is 11.5 Å². The number of carbonyl (C=O) groups is 1. The lowest BCUT2D eigenvalue weighted by atomic mass is 10.0. The standard InChI is InChI=1S/C16H26N2O3/c1-7-16(3,4)18-15(19)11(2)17-12-8-9-13(20-5)14(10-12)21-6/h8-11,17H,7H2,1-6H3,(H,18,19). The van der Waals surface area contributed by atoms with Gasteiger partial charge in [0.2, 0.25) is 5.91 Å². The van der Waals surface area contributed by atoms with Gasteiger partial charge in [0.05, 0.1) is 14.2 Å². The van der Waals surface area contributed by atoms with E-state index in [9.17, 15) is 4.79 Å². The third kappa shape index (κ3) is 4.85. The zero-order valence-electron chi connectivity index (χ0n) is 13.7. The van der Waals surface area contributed by atoms with Crippen LogP contribution in [-0.4, -0.2) is 31.7 Å². The van der Waals surface area contributed by atoms with Crippen molar-refractivity contribution in [1.29, 1.82) is 0 Å². The zero-order valence-corrected chi connectivity index (χ0v) is 13.7. The van der Waals surface area contributed by atoms with Crippen LogP contribution in [0, 0.1) is 0 Å². The van der Waals surface area contributed by atoms with Crippen LogP contribution in [0.1, 0.15) is 34.1 Å². The SMILES string of the molecule is CCC(C)(C)NC(=O)C(C)Nc1ccc(OC)c(OC)c1. The molecule has 1 amide bonds. The van der Waals surface area contributed by atoms with Crippen LogP contribution in [0.4, 0.5) is 5.69 Å². The molecule has 0 saturated heterocycles. The second-order valence-corrected chi connectivity index (χ2v) is 5.66. The number of methoxy groups -OCH3 is 2. The summed E-state index contributed by atoms with van der Waals surface area (Å²) in [5.74, 6) is 1.26. The van der Waals surface area contributed by atoms with Crippen molar-refractivity contribution in [3.8, 4) is 11.5 Å². The average Bonchev–Trinajstić information content (AvgIpc) is 2.46. The Morgan fingerprint density at radius 3 is 2.38 bits per heavy atom. The number of hydrogen-bond donors (Lipinski definition) is 2. The molecule has 21 heavy (non-hydrogen) atoms. The van der Waals surface area contributed by atoms with Crippen molar-refractivity contribution < 1.29 is 14.3 Å². The van der Waals surface area contributed by atoms with Crippen molar-refractivity contribution in [2.75, 3.05) is 19.5 Å². The Labute approximate surface area is 127 Å². The quantitative estimate of drug-likeness (QED) is 0.812. The molecule has 0 radical (unpaired) electrons. The lowest BCUT2D eigenvalue weighted by molar-refractivity contribution is -0.123. The highest BCUT2D eigenvalue weighted by molar-refractivity contribution is 5.84. The highest BCUT2D eigenvalue weighted by atomic mass is 16.5. The summed E-state index contributed by atoms with van der Waals surface area (Å²) < 4.78 is 10.4. The predicted molar refractivity (Wildman–Crippen MR) is 85.1 cm³/mol. The highest BCUT2D eigenvalue weighted by Gasteiger charge is 2.21. The Kier molecular flexibility index (Phi) is 5.88. The van der Waals surface area contributed by atoms with Crippen LogP contribution < -0.4 is 20.1 Å². The molecule has 2 N–H and O–H groups in total. The molecule has 0 spiro atoms. The van der Waals surface area contributed by atoms with Crippen LogP contribution in [-0.2, 0) is 4.79 Å². The maximum absolute atomic E-state index is 12.2. The van der Waals surface area contributed by atoms with Gasteiger partial charge in [0.25, 0.3) is 0 Å². The lowest BCUT2D eigenvalue weighted by Gasteiger charge is -2.27. The molecule has 1 atom stereocenters. The maximum atomic E-state index is 12.2. The van der Waals surface area contributed by atoms with Gasteiger partial charge >= 0.3 is 0 Å². The minimum Gasteiger partial charge on any atom is -0.493 e. The van der Waals surface area contributed by atoms with Crippen LogP contribution >= 0.6 is 0 Å². The molecule has 1 aromatic rings. The van der Waals surface area contributed by atoms with E-state index in [1.54, 1.807) is 14.2 Å². The molecule has 1 aromatic carbocycles. The second kappa shape index (κ2) is 7.20. The molecular formula is C16H26N2O3. The number of benzene rings is 1. The Bertz CT molecular complexity index is 486. The molecule has 0 fully saturated rings. The smallest absolute Gasteiger partial charge is 0.242 e. The van der Waals surface area contributed by atoms with Gasteiger partial charge in [0, 0.05) is 17.3 Å². The van der Waals surface area contributed by atoms with Crippen molar-refractivity contribution in [2.45, 2.75) is 45.7 Å². The summed E-state index contributed by atoms with van der Waals surface area (Å²) in [5.41, 5.74) is 0.606. The number of carbonyl (C=O) groups excluding carboxylic acids is 1. The number of rotatable bonds is 7. The fourth-order valence-corrected chi connectivity index (χ4v) is 1.77. The summed E-state index contributed by atoms with van der Waals surface area (Å²) in [6.45, 7) is 7.90. The summed E-state index contributed by atoms with van der Waals surface area (Å²) in [4.78, 5) is 12.2. The zero-order chi connectivity index (χ0) is 16.0. The molecular weight excluding hydrogens is 268 g/mol. The Hall–Kier alpha value is -1.91. The van der Waals surface area contributed by atoms with E-state index in [1.807, 2.05) is 45.9 Å². The molecule has 1 unspecified atom stereocenters. The molecule has 5 heteroatoms. The van der Waals surface area contributed by atoms with E-state index in [2.05, 4.69) is 10.6 Å². The third-order valence-electron chi connectivity index (χ3n) is 3.51. The number of nitrogens with one attached hydrogen (secondary N) is 2. The summed E-state index contributed by atoms with van der Waals surface area (Å²) in [5, 5.41) is 6.19. The fourth-order valence-electron chi connectivity index (χ4n) is 1.77. The molecule has 5 nitrogen and oxygen atoms in total. The maximum Gasteiger partial charge on any atom is 0.242 e. The van der Waals surface area contributed by atoms with Crippen molar-refractivity contribution >= 4 is 11.6 Å². The fraction of sp³-hybridized carbons (Fsp3) is 0.562. The van der Waals surface area contributed by atoms with Gasteiger partial charge in [-0.15, -0.1) is 0 Å². The van der Waals surface area contributed by atoms with Crippen LogP contribution in [0.25, 0.3) is 0 Å². The first-order chi connectivity index (χ1) is 9.82. The van der Waals surface area contributed by atoms with Crippen LogP contribution in [0.3, 0.4) is 0 Å². The molecule has 1 rings (SSSR count). The predicted octanol–water partition coefficient (Wildman–Crippen LogP) is 2.81. The minimum atomic E-state index is -0.339. The van der Waals surface area contributed by atoms with Crippen molar-refractivity contribution in [1.82, 2.24) is 5.32 Å². The Balaban J connectivity index is 2.74. The second-order valence-electron chi connectivity index (χ2n) is 5.66. The molecule has 0 aliphatic carbocycles. The average molecular weight is 294 g/mol. The van der Waals surface area contributed by atoms with Gasteiger partial charge in [-0.3, -0.25) is 4.79 Å². The topological polar surface area (TPSA) is 59.6 Å². The van der Waals surface area contributed by atoms with Crippen LogP contribution in [0.15, 0.2) is 18.2 Å². The summed E-state index contributed by atoms with van der Waals surface area (Å²) in [6, 6.07) is 5.14.